The van der Waals surface area contributed by atoms with E-state index >= 15 is 0 Å². The van der Waals surface area contributed by atoms with E-state index in [1.54, 1.807) is 12.1 Å². The molecule has 0 radical (unpaired) electrons. The highest BCUT2D eigenvalue weighted by Gasteiger charge is 2.23. The van der Waals surface area contributed by atoms with Crippen LogP contribution in [-0.4, -0.2) is 40.3 Å². The van der Waals surface area contributed by atoms with Crippen molar-refractivity contribution in [2.45, 2.75) is 26.8 Å². The highest BCUT2D eigenvalue weighted by molar-refractivity contribution is 7.92. The van der Waals surface area contributed by atoms with Gasteiger partial charge in [0.1, 0.15) is 19.8 Å². The Morgan fingerprint density at radius 1 is 1.07 bits per heavy atom. The molecule has 0 saturated carbocycles. The van der Waals surface area contributed by atoms with Crippen molar-refractivity contribution in [1.82, 2.24) is 5.32 Å². The van der Waals surface area contributed by atoms with Gasteiger partial charge < -0.3 is 14.8 Å². The van der Waals surface area contributed by atoms with Crippen LogP contribution in [0.4, 0.5) is 5.69 Å². The van der Waals surface area contributed by atoms with Crippen molar-refractivity contribution in [3.05, 3.63) is 53.1 Å². The summed E-state index contributed by atoms with van der Waals surface area (Å²) in [5, 5.41) is 2.86. The molecule has 1 N–H and O–H groups in total. The number of anilines is 1. The summed E-state index contributed by atoms with van der Waals surface area (Å²) in [5.41, 5.74) is 3.18. The van der Waals surface area contributed by atoms with Crippen LogP contribution in [0.3, 0.4) is 0 Å². The maximum absolute atomic E-state index is 12.6. The summed E-state index contributed by atoms with van der Waals surface area (Å²) in [6.07, 6.45) is 1.10. The first-order valence-electron chi connectivity index (χ1n) is 9.38. The SMILES string of the molecule is Cc1cc(C)cc(N(CC(=O)NC(C)c2ccc3c(c2)OCCO3)S(C)(=O)=O)c1. The number of nitrogens with zero attached hydrogens (tertiary/aromatic N) is 1. The molecule has 8 heteroatoms. The van der Waals surface area contributed by atoms with Crippen molar-refractivity contribution in [2.75, 3.05) is 30.3 Å². The minimum atomic E-state index is -3.62. The molecule has 156 valence electrons. The van der Waals surface area contributed by atoms with Crippen LogP contribution in [0.2, 0.25) is 0 Å². The summed E-state index contributed by atoms with van der Waals surface area (Å²) in [5.74, 6) is 0.927. The molecule has 1 heterocycles. The van der Waals surface area contributed by atoms with E-state index in [-0.39, 0.29) is 12.6 Å². The number of amides is 1. The van der Waals surface area contributed by atoms with Crippen LogP contribution in [0.1, 0.15) is 29.7 Å². The Bertz CT molecular complexity index is 999. The fraction of sp³-hybridized carbons (Fsp3) is 0.381. The summed E-state index contributed by atoms with van der Waals surface area (Å²) in [6.45, 7) is 6.32. The Balaban J connectivity index is 1.75. The second kappa shape index (κ2) is 8.32. The van der Waals surface area contributed by atoms with E-state index in [1.807, 2.05) is 45.0 Å². The third-order valence-electron chi connectivity index (χ3n) is 4.63. The van der Waals surface area contributed by atoms with Crippen molar-refractivity contribution < 1.29 is 22.7 Å². The quantitative estimate of drug-likeness (QED) is 0.780. The highest BCUT2D eigenvalue weighted by Crippen LogP contribution is 2.32. The first-order chi connectivity index (χ1) is 13.6. The normalized spacial score (nSPS) is 14.2. The Morgan fingerprint density at radius 2 is 1.69 bits per heavy atom. The second-order valence-corrected chi connectivity index (χ2v) is 9.21. The summed E-state index contributed by atoms with van der Waals surface area (Å²) in [4.78, 5) is 12.6. The third kappa shape index (κ3) is 5.20. The van der Waals surface area contributed by atoms with Gasteiger partial charge in [0.05, 0.1) is 18.0 Å². The fourth-order valence-electron chi connectivity index (χ4n) is 3.32. The van der Waals surface area contributed by atoms with E-state index in [9.17, 15) is 13.2 Å². The molecule has 0 aromatic heterocycles. The predicted octanol–water partition coefficient (Wildman–Crippen LogP) is 2.72. The van der Waals surface area contributed by atoms with Crippen LogP contribution in [0.25, 0.3) is 0 Å². The number of rotatable bonds is 6. The number of sulfonamides is 1. The largest absolute Gasteiger partial charge is 0.486 e. The van der Waals surface area contributed by atoms with Gasteiger partial charge in [-0.2, -0.15) is 0 Å². The van der Waals surface area contributed by atoms with E-state index in [2.05, 4.69) is 5.32 Å². The molecule has 2 aromatic carbocycles. The zero-order chi connectivity index (χ0) is 21.2. The van der Waals surface area contributed by atoms with E-state index in [1.165, 1.54) is 0 Å². The maximum Gasteiger partial charge on any atom is 0.241 e. The van der Waals surface area contributed by atoms with Gasteiger partial charge >= 0.3 is 0 Å². The van der Waals surface area contributed by atoms with Gasteiger partial charge in [0.2, 0.25) is 15.9 Å². The molecule has 0 saturated heterocycles. The number of aryl methyl sites for hydroxylation is 2. The van der Waals surface area contributed by atoms with Gasteiger partial charge in [-0.05, 0) is 61.7 Å². The minimum Gasteiger partial charge on any atom is -0.486 e. The van der Waals surface area contributed by atoms with E-state index in [4.69, 9.17) is 9.47 Å². The number of carbonyl (C=O) groups excluding carboxylic acids is 1. The van der Waals surface area contributed by atoms with Gasteiger partial charge in [-0.25, -0.2) is 8.42 Å². The van der Waals surface area contributed by atoms with Crippen LogP contribution in [0, 0.1) is 13.8 Å². The van der Waals surface area contributed by atoms with Crippen LogP contribution >= 0.6 is 0 Å². The van der Waals surface area contributed by atoms with Gasteiger partial charge in [0.25, 0.3) is 0 Å². The van der Waals surface area contributed by atoms with E-state index < -0.39 is 15.9 Å². The van der Waals surface area contributed by atoms with Gasteiger partial charge in [0, 0.05) is 0 Å². The smallest absolute Gasteiger partial charge is 0.241 e. The summed E-state index contributed by atoms with van der Waals surface area (Å²) in [7, 11) is -3.62. The van der Waals surface area contributed by atoms with Gasteiger partial charge in [-0.15, -0.1) is 0 Å². The Hall–Kier alpha value is -2.74. The van der Waals surface area contributed by atoms with E-state index in [0.717, 1.165) is 27.3 Å². The van der Waals surface area contributed by atoms with Crippen LogP contribution in [0.5, 0.6) is 11.5 Å². The lowest BCUT2D eigenvalue weighted by molar-refractivity contribution is -0.120. The van der Waals surface area contributed by atoms with Crippen molar-refractivity contribution in [2.24, 2.45) is 0 Å². The molecule has 2 aromatic rings. The van der Waals surface area contributed by atoms with Crippen molar-refractivity contribution in [1.29, 1.82) is 0 Å². The van der Waals surface area contributed by atoms with Crippen LogP contribution in [0.15, 0.2) is 36.4 Å². The zero-order valence-electron chi connectivity index (χ0n) is 17.1. The number of ether oxygens (including phenoxy) is 2. The number of carbonyl (C=O) groups is 1. The zero-order valence-corrected chi connectivity index (χ0v) is 17.9. The predicted molar refractivity (Wildman–Crippen MR) is 112 cm³/mol. The first-order valence-corrected chi connectivity index (χ1v) is 11.2. The van der Waals surface area contributed by atoms with Crippen molar-refractivity contribution in [3.63, 3.8) is 0 Å². The van der Waals surface area contributed by atoms with E-state index in [0.29, 0.717) is 30.4 Å². The van der Waals surface area contributed by atoms with Crippen molar-refractivity contribution in [3.8, 4) is 11.5 Å². The topological polar surface area (TPSA) is 84.9 Å². The summed E-state index contributed by atoms with van der Waals surface area (Å²) < 4.78 is 36.9. The van der Waals surface area contributed by atoms with Crippen LogP contribution < -0.4 is 19.1 Å². The molecule has 0 fully saturated rings. The highest BCUT2D eigenvalue weighted by atomic mass is 32.2. The Kier molecular flexibility index (Phi) is 6.02. The standard InChI is InChI=1S/C21H26N2O5S/c1-14-9-15(2)11-18(10-14)23(29(4,25)26)13-21(24)22-16(3)17-5-6-19-20(12-17)28-8-7-27-19/h5-6,9-12,16H,7-8,13H2,1-4H3,(H,22,24). The second-order valence-electron chi connectivity index (χ2n) is 7.31. The summed E-state index contributed by atoms with van der Waals surface area (Å²) in [6, 6.07) is 10.6. The van der Waals surface area contributed by atoms with Crippen LogP contribution in [-0.2, 0) is 14.8 Å². The Morgan fingerprint density at radius 3 is 2.31 bits per heavy atom. The van der Waals surface area contributed by atoms with Gasteiger partial charge in [0.15, 0.2) is 11.5 Å². The molecular weight excluding hydrogens is 392 g/mol. The number of fused-ring (bicyclic) bond motifs is 1. The fourth-order valence-corrected chi connectivity index (χ4v) is 4.16. The number of hydrogen-bond donors (Lipinski definition) is 1. The minimum absolute atomic E-state index is 0.295. The molecular formula is C21H26N2O5S. The molecule has 1 unspecified atom stereocenters. The molecule has 3 rings (SSSR count). The average molecular weight is 419 g/mol. The molecule has 0 bridgehead atoms. The van der Waals surface area contributed by atoms with Gasteiger partial charge in [-0.1, -0.05) is 12.1 Å². The number of benzene rings is 2. The lowest BCUT2D eigenvalue weighted by Gasteiger charge is -2.24. The number of hydrogen-bond acceptors (Lipinski definition) is 5. The molecule has 29 heavy (non-hydrogen) atoms. The molecule has 0 spiro atoms. The molecule has 1 atom stereocenters. The molecule has 1 amide bonds. The molecule has 1 aliphatic rings. The molecule has 7 nitrogen and oxygen atoms in total. The Labute approximate surface area is 171 Å². The molecule has 0 aliphatic carbocycles. The maximum atomic E-state index is 12.6. The summed E-state index contributed by atoms with van der Waals surface area (Å²) >= 11 is 0. The molecule has 1 aliphatic heterocycles. The van der Waals surface area contributed by atoms with Gasteiger partial charge in [-0.3, -0.25) is 9.10 Å². The first kappa shape index (κ1) is 21.0. The monoisotopic (exact) mass is 418 g/mol. The third-order valence-corrected chi connectivity index (χ3v) is 5.77. The lowest BCUT2D eigenvalue weighted by Crippen LogP contribution is -2.41. The van der Waals surface area contributed by atoms with Crippen molar-refractivity contribution >= 4 is 21.6 Å². The number of nitrogens with one attached hydrogen (secondary N) is 1. The lowest BCUT2D eigenvalue weighted by atomic mass is 10.1. The average Bonchev–Trinajstić information content (AvgIpc) is 2.64.